The Bertz CT molecular complexity index is 696. The van der Waals surface area contributed by atoms with Gasteiger partial charge in [-0.1, -0.05) is 0 Å². The van der Waals surface area contributed by atoms with Gasteiger partial charge in [0.2, 0.25) is 0 Å². The molecular weight excluding hydrogens is 394 g/mol. The lowest BCUT2D eigenvalue weighted by Gasteiger charge is -2.67. The maximum absolute atomic E-state index is 13.0. The van der Waals surface area contributed by atoms with Crippen molar-refractivity contribution in [3.63, 3.8) is 0 Å². The monoisotopic (exact) mass is 425 g/mol. The molecule has 0 aromatic rings. The van der Waals surface area contributed by atoms with E-state index in [4.69, 9.17) is 18.9 Å². The SMILES string of the molecule is COC(=O)C12CC3(NC(=O)OC(C)(C)C)CC(C(=O)OC)(C1)CC(C(=O)OC)(C3)C2. The molecule has 1 N–H and O–H groups in total. The zero-order chi connectivity index (χ0) is 22.6. The molecule has 4 aliphatic rings. The van der Waals surface area contributed by atoms with Crippen molar-refractivity contribution in [3.05, 3.63) is 0 Å². The summed E-state index contributed by atoms with van der Waals surface area (Å²) in [6, 6.07) is 0. The van der Waals surface area contributed by atoms with E-state index < -0.39 is 51.4 Å². The Morgan fingerprint density at radius 1 is 0.667 bits per heavy atom. The fraction of sp³-hybridized carbons (Fsp3) is 0.810. The van der Waals surface area contributed by atoms with Crippen molar-refractivity contribution in [2.45, 2.75) is 70.4 Å². The van der Waals surface area contributed by atoms with Crippen molar-refractivity contribution in [3.8, 4) is 0 Å². The van der Waals surface area contributed by atoms with Crippen LogP contribution >= 0.6 is 0 Å². The van der Waals surface area contributed by atoms with Gasteiger partial charge in [0.1, 0.15) is 5.60 Å². The minimum atomic E-state index is -1.11. The van der Waals surface area contributed by atoms with Gasteiger partial charge in [-0.3, -0.25) is 14.4 Å². The van der Waals surface area contributed by atoms with Crippen LogP contribution in [-0.2, 0) is 33.3 Å². The molecule has 4 fully saturated rings. The molecular formula is C21H31NO8. The summed E-state index contributed by atoms with van der Waals surface area (Å²) >= 11 is 0. The summed E-state index contributed by atoms with van der Waals surface area (Å²) in [5.41, 5.74) is -5.07. The van der Waals surface area contributed by atoms with E-state index in [1.807, 2.05) is 0 Å². The molecule has 0 aromatic heterocycles. The number of carbonyl (C=O) groups excluding carboxylic acids is 4. The summed E-state index contributed by atoms with van der Waals surface area (Å²) in [6.45, 7) is 5.23. The highest BCUT2D eigenvalue weighted by molar-refractivity contribution is 5.88. The Morgan fingerprint density at radius 2 is 1.00 bits per heavy atom. The highest BCUT2D eigenvalue weighted by Crippen LogP contribution is 2.71. The third-order valence-electron chi connectivity index (χ3n) is 6.68. The first-order chi connectivity index (χ1) is 13.8. The van der Waals surface area contributed by atoms with Gasteiger partial charge in [0, 0.05) is 5.54 Å². The molecule has 0 aliphatic heterocycles. The molecule has 0 atom stereocenters. The molecule has 9 heteroatoms. The van der Waals surface area contributed by atoms with Crippen molar-refractivity contribution >= 4 is 24.0 Å². The van der Waals surface area contributed by atoms with Crippen LogP contribution in [0.1, 0.15) is 59.3 Å². The van der Waals surface area contributed by atoms with Crippen molar-refractivity contribution in [2.24, 2.45) is 16.2 Å². The molecule has 30 heavy (non-hydrogen) atoms. The molecule has 4 saturated carbocycles. The van der Waals surface area contributed by atoms with Gasteiger partial charge in [-0.15, -0.1) is 0 Å². The molecule has 9 nitrogen and oxygen atoms in total. The lowest BCUT2D eigenvalue weighted by atomic mass is 9.37. The van der Waals surface area contributed by atoms with Gasteiger partial charge in [0.15, 0.2) is 0 Å². The first-order valence-electron chi connectivity index (χ1n) is 10.1. The second kappa shape index (κ2) is 6.85. The number of hydrogen-bond acceptors (Lipinski definition) is 8. The number of rotatable bonds is 4. The predicted molar refractivity (Wildman–Crippen MR) is 103 cm³/mol. The third kappa shape index (κ3) is 3.41. The summed E-state index contributed by atoms with van der Waals surface area (Å²) in [4.78, 5) is 51.6. The Kier molecular flexibility index (Phi) is 5.11. The lowest BCUT2D eigenvalue weighted by molar-refractivity contribution is -0.219. The van der Waals surface area contributed by atoms with Crippen LogP contribution in [0.3, 0.4) is 0 Å². The fourth-order valence-electron chi connectivity index (χ4n) is 6.59. The molecule has 168 valence electrons. The summed E-state index contributed by atoms with van der Waals surface area (Å²) in [5, 5.41) is 2.91. The number of carbonyl (C=O) groups is 4. The second-order valence-corrected chi connectivity index (χ2v) is 10.3. The average Bonchev–Trinajstić information content (AvgIpc) is 2.62. The maximum Gasteiger partial charge on any atom is 0.408 e. The third-order valence-corrected chi connectivity index (χ3v) is 6.68. The quantitative estimate of drug-likeness (QED) is 0.538. The van der Waals surface area contributed by atoms with Crippen LogP contribution in [0.15, 0.2) is 0 Å². The summed E-state index contributed by atoms with van der Waals surface area (Å²) in [5.74, 6) is -1.50. The molecule has 0 spiro atoms. The largest absolute Gasteiger partial charge is 0.469 e. The smallest absolute Gasteiger partial charge is 0.408 e. The van der Waals surface area contributed by atoms with Crippen molar-refractivity contribution < 1.29 is 38.1 Å². The van der Waals surface area contributed by atoms with Gasteiger partial charge in [0.05, 0.1) is 37.6 Å². The molecule has 0 aromatic carbocycles. The van der Waals surface area contributed by atoms with E-state index in [-0.39, 0.29) is 38.5 Å². The average molecular weight is 425 g/mol. The number of ether oxygens (including phenoxy) is 4. The molecule has 4 bridgehead atoms. The molecule has 4 aliphatic carbocycles. The first kappa shape index (κ1) is 22.4. The van der Waals surface area contributed by atoms with Gasteiger partial charge < -0.3 is 24.3 Å². The fourth-order valence-corrected chi connectivity index (χ4v) is 6.59. The molecule has 0 unspecified atom stereocenters. The Morgan fingerprint density at radius 3 is 1.27 bits per heavy atom. The van der Waals surface area contributed by atoms with Gasteiger partial charge in [-0.05, 0) is 59.3 Å². The van der Waals surface area contributed by atoms with E-state index in [9.17, 15) is 19.2 Å². The number of nitrogens with one attached hydrogen (secondary N) is 1. The highest BCUT2D eigenvalue weighted by Gasteiger charge is 2.75. The van der Waals surface area contributed by atoms with Gasteiger partial charge in [-0.2, -0.15) is 0 Å². The molecule has 1 amide bonds. The summed E-state index contributed by atoms with van der Waals surface area (Å²) in [7, 11) is 3.85. The standard InChI is InChI=1S/C21H31NO8/c1-17(2,3)30-16(26)22-21-10-18(13(23)27-4)7-19(11-21,14(24)28-5)9-20(8-18,12-21)15(25)29-6/h7-12H2,1-6H3,(H,22,26). The van der Waals surface area contributed by atoms with Gasteiger partial charge in [-0.25, -0.2) is 4.79 Å². The molecule has 4 rings (SSSR count). The Labute approximate surface area is 176 Å². The highest BCUT2D eigenvalue weighted by atomic mass is 16.6. The minimum absolute atomic E-state index is 0.204. The minimum Gasteiger partial charge on any atom is -0.469 e. The zero-order valence-corrected chi connectivity index (χ0v) is 18.5. The molecule has 0 saturated heterocycles. The topological polar surface area (TPSA) is 117 Å². The van der Waals surface area contributed by atoms with Crippen LogP contribution < -0.4 is 5.32 Å². The predicted octanol–water partition coefficient (Wildman–Crippen LogP) is 2.11. The number of hydrogen-bond donors (Lipinski definition) is 1. The normalized spacial score (nSPS) is 36.6. The van der Waals surface area contributed by atoms with E-state index in [0.717, 1.165) is 0 Å². The van der Waals surface area contributed by atoms with Crippen LogP contribution in [0, 0.1) is 16.2 Å². The summed E-state index contributed by atoms with van der Waals surface area (Å²) in [6.07, 6.45) is 0.710. The maximum atomic E-state index is 13.0. The van der Waals surface area contributed by atoms with Crippen LogP contribution in [0.2, 0.25) is 0 Å². The van der Waals surface area contributed by atoms with Crippen LogP contribution in [0.25, 0.3) is 0 Å². The van der Waals surface area contributed by atoms with Crippen molar-refractivity contribution in [1.29, 1.82) is 0 Å². The zero-order valence-electron chi connectivity index (χ0n) is 18.5. The molecule has 0 heterocycles. The lowest BCUT2D eigenvalue weighted by Crippen LogP contribution is -2.73. The number of alkyl carbamates (subject to hydrolysis) is 1. The molecule has 0 radical (unpaired) electrons. The second-order valence-electron chi connectivity index (χ2n) is 10.3. The number of methoxy groups -OCH3 is 3. The van der Waals surface area contributed by atoms with Crippen molar-refractivity contribution in [1.82, 2.24) is 5.32 Å². The van der Waals surface area contributed by atoms with Gasteiger partial charge in [0.25, 0.3) is 0 Å². The van der Waals surface area contributed by atoms with Crippen molar-refractivity contribution in [2.75, 3.05) is 21.3 Å². The summed E-state index contributed by atoms with van der Waals surface area (Å²) < 4.78 is 20.7. The van der Waals surface area contributed by atoms with Crippen LogP contribution in [0.4, 0.5) is 4.79 Å². The first-order valence-corrected chi connectivity index (χ1v) is 10.1. The Balaban J connectivity index is 2.12. The Hall–Kier alpha value is -2.32. The van der Waals surface area contributed by atoms with Crippen LogP contribution in [0.5, 0.6) is 0 Å². The van der Waals surface area contributed by atoms with Crippen LogP contribution in [-0.4, -0.2) is 56.5 Å². The number of esters is 3. The van der Waals surface area contributed by atoms with E-state index in [1.165, 1.54) is 21.3 Å². The van der Waals surface area contributed by atoms with E-state index in [2.05, 4.69) is 5.32 Å². The number of amides is 1. The van der Waals surface area contributed by atoms with Gasteiger partial charge >= 0.3 is 24.0 Å². The van der Waals surface area contributed by atoms with E-state index in [1.54, 1.807) is 20.8 Å². The van der Waals surface area contributed by atoms with E-state index >= 15 is 0 Å². The van der Waals surface area contributed by atoms with E-state index in [0.29, 0.717) is 0 Å².